The molecule has 1 aliphatic carbocycles. The average Bonchev–Trinajstić information content (AvgIpc) is 2.77. The maximum atomic E-state index is 12.9. The summed E-state index contributed by atoms with van der Waals surface area (Å²) in [6, 6.07) is 17.2. The van der Waals surface area contributed by atoms with Crippen LogP contribution in [0.1, 0.15) is 74.4 Å². The minimum Gasteiger partial charge on any atom is -0.295 e. The van der Waals surface area contributed by atoms with E-state index in [1.54, 1.807) is 6.08 Å². The summed E-state index contributed by atoms with van der Waals surface area (Å²) < 4.78 is 0. The molecular weight excluding hydrogens is 368 g/mol. The number of rotatable bonds is 3. The van der Waals surface area contributed by atoms with Crippen LogP contribution in [0.2, 0.25) is 0 Å². The number of carbonyl (C=O) groups excluding carboxylic acids is 2. The molecule has 0 saturated carbocycles. The van der Waals surface area contributed by atoms with E-state index in [9.17, 15) is 9.59 Å². The van der Waals surface area contributed by atoms with Crippen molar-refractivity contribution in [3.63, 3.8) is 0 Å². The van der Waals surface area contributed by atoms with Crippen molar-refractivity contribution < 1.29 is 9.59 Å². The van der Waals surface area contributed by atoms with Gasteiger partial charge in [0, 0.05) is 17.0 Å². The van der Waals surface area contributed by atoms with Crippen molar-refractivity contribution in [3.8, 4) is 0 Å². The highest BCUT2D eigenvalue weighted by Crippen LogP contribution is 2.34. The molecule has 2 nitrogen and oxygen atoms in total. The highest BCUT2D eigenvalue weighted by atomic mass is 16.1. The highest BCUT2D eigenvalue weighted by Gasteiger charge is 2.26. The van der Waals surface area contributed by atoms with E-state index in [0.717, 1.165) is 24.8 Å². The van der Waals surface area contributed by atoms with Gasteiger partial charge in [0.15, 0.2) is 11.6 Å². The van der Waals surface area contributed by atoms with Crippen molar-refractivity contribution in [2.75, 3.05) is 0 Å². The first-order valence-corrected chi connectivity index (χ1v) is 10.9. The molecule has 2 atom stereocenters. The largest absolute Gasteiger partial charge is 0.295 e. The third-order valence-corrected chi connectivity index (χ3v) is 6.21. The Morgan fingerprint density at radius 1 is 0.967 bits per heavy atom. The van der Waals surface area contributed by atoms with Crippen LogP contribution in [-0.4, -0.2) is 11.6 Å². The monoisotopic (exact) mass is 400 g/mol. The Morgan fingerprint density at radius 2 is 1.60 bits per heavy atom. The lowest BCUT2D eigenvalue weighted by Crippen LogP contribution is -2.19. The molecule has 30 heavy (non-hydrogen) atoms. The van der Waals surface area contributed by atoms with Crippen LogP contribution in [0, 0.1) is 11.3 Å². The lowest BCUT2D eigenvalue weighted by atomic mass is 9.80. The summed E-state index contributed by atoms with van der Waals surface area (Å²) in [4.78, 5) is 25.6. The summed E-state index contributed by atoms with van der Waals surface area (Å²) in [5.74, 6) is 0.237. The van der Waals surface area contributed by atoms with Gasteiger partial charge >= 0.3 is 0 Å². The first-order chi connectivity index (χ1) is 14.3. The predicted molar refractivity (Wildman–Crippen MR) is 124 cm³/mol. The minimum absolute atomic E-state index is 0.0179. The number of allylic oxidation sites excluding steroid dienone is 4. The van der Waals surface area contributed by atoms with E-state index in [4.69, 9.17) is 0 Å². The molecule has 0 bridgehead atoms. The van der Waals surface area contributed by atoms with Crippen LogP contribution in [0.4, 0.5) is 0 Å². The zero-order valence-electron chi connectivity index (χ0n) is 18.5. The molecule has 3 rings (SSSR count). The van der Waals surface area contributed by atoms with Crippen molar-refractivity contribution in [1.82, 2.24) is 0 Å². The first kappa shape index (κ1) is 22.0. The van der Waals surface area contributed by atoms with E-state index in [0.29, 0.717) is 11.1 Å². The Kier molecular flexibility index (Phi) is 6.87. The fourth-order valence-electron chi connectivity index (χ4n) is 3.99. The summed E-state index contributed by atoms with van der Waals surface area (Å²) in [5.41, 5.74) is 3.85. The van der Waals surface area contributed by atoms with Crippen LogP contribution in [0.5, 0.6) is 0 Å². The van der Waals surface area contributed by atoms with Gasteiger partial charge in [-0.1, -0.05) is 93.1 Å². The Hall–Kier alpha value is -2.74. The predicted octanol–water partition coefficient (Wildman–Crippen LogP) is 6.92. The van der Waals surface area contributed by atoms with E-state index < -0.39 is 0 Å². The van der Waals surface area contributed by atoms with Gasteiger partial charge in [0.1, 0.15) is 0 Å². The maximum Gasteiger partial charge on any atom is 0.193 e. The number of benzene rings is 2. The van der Waals surface area contributed by atoms with Gasteiger partial charge in [0.05, 0.1) is 0 Å². The standard InChI is InChI=1S/C28H32O2/c1-20-10-15-25(21(2)26(29)17-19-28(3,4)18-16-20)22-11-13-24(14-12-22)27(30)23-8-6-5-7-9-23/h5-9,11-14,16-17,19,21,25H,10,15,18H2,1-4H3/b19-17+,20-16+/t21-,25?/m1/s1. The second kappa shape index (κ2) is 9.38. The highest BCUT2D eigenvalue weighted by molar-refractivity contribution is 6.08. The van der Waals surface area contributed by atoms with Crippen molar-refractivity contribution >= 4 is 11.6 Å². The topological polar surface area (TPSA) is 34.1 Å². The third kappa shape index (κ3) is 5.44. The Balaban J connectivity index is 1.86. The van der Waals surface area contributed by atoms with Gasteiger partial charge in [0.25, 0.3) is 0 Å². The van der Waals surface area contributed by atoms with E-state index in [-0.39, 0.29) is 28.8 Å². The van der Waals surface area contributed by atoms with Crippen LogP contribution in [0.25, 0.3) is 0 Å². The molecular formula is C28H32O2. The van der Waals surface area contributed by atoms with E-state index >= 15 is 0 Å². The Bertz CT molecular complexity index is 946. The Morgan fingerprint density at radius 3 is 2.27 bits per heavy atom. The molecule has 1 aliphatic rings. The SMILES string of the molecule is C/C1=C\CC(C)(C)/C=C/C(=O)[C@H](C)C(c2ccc(C(=O)c3ccccc3)cc2)CC1. The molecule has 0 fully saturated rings. The van der Waals surface area contributed by atoms with E-state index in [2.05, 4.69) is 32.9 Å². The van der Waals surface area contributed by atoms with Crippen molar-refractivity contribution in [2.24, 2.45) is 11.3 Å². The van der Waals surface area contributed by atoms with Crippen LogP contribution in [0.15, 0.2) is 78.4 Å². The zero-order valence-corrected chi connectivity index (χ0v) is 18.5. The van der Waals surface area contributed by atoms with Gasteiger partial charge in [-0.2, -0.15) is 0 Å². The van der Waals surface area contributed by atoms with Gasteiger partial charge < -0.3 is 0 Å². The molecule has 0 spiro atoms. The molecule has 156 valence electrons. The van der Waals surface area contributed by atoms with E-state index in [1.807, 2.05) is 61.5 Å². The smallest absolute Gasteiger partial charge is 0.193 e. The van der Waals surface area contributed by atoms with Crippen LogP contribution < -0.4 is 0 Å². The van der Waals surface area contributed by atoms with Gasteiger partial charge in [0.2, 0.25) is 0 Å². The molecule has 0 heterocycles. The fraction of sp³-hybridized carbons (Fsp3) is 0.357. The van der Waals surface area contributed by atoms with Gasteiger partial charge in [-0.15, -0.1) is 0 Å². The molecule has 0 saturated heterocycles. The van der Waals surface area contributed by atoms with Crippen LogP contribution >= 0.6 is 0 Å². The second-order valence-corrected chi connectivity index (χ2v) is 9.23. The van der Waals surface area contributed by atoms with Crippen molar-refractivity contribution in [2.45, 2.75) is 52.9 Å². The lowest BCUT2D eigenvalue weighted by Gasteiger charge is -2.23. The normalized spacial score (nSPS) is 24.9. The molecule has 2 heteroatoms. The first-order valence-electron chi connectivity index (χ1n) is 10.9. The van der Waals surface area contributed by atoms with Crippen LogP contribution in [-0.2, 0) is 4.79 Å². The lowest BCUT2D eigenvalue weighted by molar-refractivity contribution is -0.118. The quantitative estimate of drug-likeness (QED) is 0.414. The van der Waals surface area contributed by atoms with Gasteiger partial charge in [-0.05, 0) is 49.2 Å². The molecule has 2 aromatic carbocycles. The Labute approximate surface area is 180 Å². The summed E-state index contributed by atoms with van der Waals surface area (Å²) in [7, 11) is 0. The zero-order chi connectivity index (χ0) is 21.7. The number of hydrogen-bond donors (Lipinski definition) is 0. The molecule has 0 aromatic heterocycles. The molecule has 2 aromatic rings. The van der Waals surface area contributed by atoms with Crippen molar-refractivity contribution in [3.05, 3.63) is 95.1 Å². The number of carbonyl (C=O) groups is 2. The molecule has 0 radical (unpaired) electrons. The van der Waals surface area contributed by atoms with Crippen molar-refractivity contribution in [1.29, 1.82) is 0 Å². The molecule has 0 aliphatic heterocycles. The number of hydrogen-bond acceptors (Lipinski definition) is 2. The second-order valence-electron chi connectivity index (χ2n) is 9.23. The average molecular weight is 401 g/mol. The molecule has 0 amide bonds. The molecule has 1 unspecified atom stereocenters. The fourth-order valence-corrected chi connectivity index (χ4v) is 3.99. The third-order valence-electron chi connectivity index (χ3n) is 6.21. The summed E-state index contributed by atoms with van der Waals surface area (Å²) in [5, 5.41) is 0. The summed E-state index contributed by atoms with van der Waals surface area (Å²) in [6.45, 7) is 8.55. The summed E-state index contributed by atoms with van der Waals surface area (Å²) >= 11 is 0. The van der Waals surface area contributed by atoms with E-state index in [1.165, 1.54) is 5.57 Å². The minimum atomic E-state index is -0.0985. The summed E-state index contributed by atoms with van der Waals surface area (Å²) in [6.07, 6.45) is 8.99. The number of ketones is 2. The van der Waals surface area contributed by atoms with Gasteiger partial charge in [-0.3, -0.25) is 9.59 Å². The maximum absolute atomic E-state index is 12.9. The van der Waals surface area contributed by atoms with Crippen LogP contribution in [0.3, 0.4) is 0 Å². The van der Waals surface area contributed by atoms with Gasteiger partial charge in [-0.25, -0.2) is 0 Å². The molecule has 0 N–H and O–H groups in total.